The topological polar surface area (TPSA) is 85.6 Å². The van der Waals surface area contributed by atoms with Crippen molar-refractivity contribution in [1.82, 2.24) is 9.13 Å². The van der Waals surface area contributed by atoms with Crippen LogP contribution in [0.4, 0.5) is 5.69 Å². The zero-order valence-electron chi connectivity index (χ0n) is 30.8. The first-order valence-electron chi connectivity index (χ1n) is 18.7. The number of benzene rings is 8. The van der Waals surface area contributed by atoms with Gasteiger partial charge in [-0.05, 0) is 88.0 Å². The highest BCUT2D eigenvalue weighted by atomic mass is 15.0. The standard InChI is InChI=1S/C52H28N6/c1-56-46-15-7-4-12-41(46)36-23-25-45-43-14-6-9-17-48(43)58(52(45)29-36)50-27-34(19-21-39(50)32-55)33-18-20-38(31-54)49(26-33)57-47-16-8-5-13-42(47)44-24-22-35(28-51(44)57)40-11-3-2-10-37(40)30-53/h2-29H. The first-order chi connectivity index (χ1) is 28.6. The Labute approximate surface area is 334 Å². The molecule has 10 aromatic rings. The van der Waals surface area contributed by atoms with E-state index < -0.39 is 0 Å². The number of hydrogen-bond acceptors (Lipinski definition) is 3. The van der Waals surface area contributed by atoms with Gasteiger partial charge in [-0.25, -0.2) is 4.85 Å². The summed E-state index contributed by atoms with van der Waals surface area (Å²) in [5.74, 6) is 0. The van der Waals surface area contributed by atoms with Crippen molar-refractivity contribution in [1.29, 1.82) is 15.8 Å². The monoisotopic (exact) mass is 736 g/mol. The Morgan fingerprint density at radius 1 is 0.379 bits per heavy atom. The van der Waals surface area contributed by atoms with E-state index in [-0.39, 0.29) is 0 Å². The van der Waals surface area contributed by atoms with Gasteiger partial charge in [-0.15, -0.1) is 0 Å². The first kappa shape index (κ1) is 33.9. The van der Waals surface area contributed by atoms with E-state index in [2.05, 4.69) is 105 Å². The van der Waals surface area contributed by atoms with Gasteiger partial charge in [-0.2, -0.15) is 15.8 Å². The lowest BCUT2D eigenvalue weighted by atomic mass is 9.98. The quantitative estimate of drug-likeness (QED) is 0.165. The van der Waals surface area contributed by atoms with Crippen LogP contribution >= 0.6 is 0 Å². The highest BCUT2D eigenvalue weighted by Crippen LogP contribution is 2.41. The molecule has 2 aromatic heterocycles. The second-order valence-corrected chi connectivity index (χ2v) is 14.1. The summed E-state index contributed by atoms with van der Waals surface area (Å²) in [7, 11) is 0. The molecule has 6 heteroatoms. The smallest absolute Gasteiger partial charge is 0.194 e. The van der Waals surface area contributed by atoms with E-state index in [9.17, 15) is 15.8 Å². The van der Waals surface area contributed by atoms with Gasteiger partial charge in [0.05, 0.1) is 62.8 Å². The molecule has 0 amide bonds. The van der Waals surface area contributed by atoms with E-state index in [0.717, 1.165) is 88.4 Å². The van der Waals surface area contributed by atoms with Crippen LogP contribution in [-0.4, -0.2) is 9.13 Å². The minimum atomic E-state index is 0.512. The number of aromatic nitrogens is 2. The van der Waals surface area contributed by atoms with Crippen molar-refractivity contribution in [2.45, 2.75) is 0 Å². The third-order valence-electron chi connectivity index (χ3n) is 11.1. The fraction of sp³-hybridized carbons (Fsp3) is 0. The van der Waals surface area contributed by atoms with Crippen LogP contribution in [0.25, 0.3) is 93.2 Å². The molecule has 0 aliphatic heterocycles. The third kappa shape index (κ3) is 5.23. The highest BCUT2D eigenvalue weighted by molar-refractivity contribution is 6.12. The van der Waals surface area contributed by atoms with Gasteiger partial charge in [-0.3, -0.25) is 0 Å². The number of hydrogen-bond donors (Lipinski definition) is 0. The van der Waals surface area contributed by atoms with E-state index in [4.69, 9.17) is 6.57 Å². The minimum absolute atomic E-state index is 0.512. The maximum Gasteiger partial charge on any atom is 0.194 e. The molecule has 0 bridgehead atoms. The molecule has 0 aliphatic rings. The molecule has 0 saturated heterocycles. The van der Waals surface area contributed by atoms with Crippen LogP contribution < -0.4 is 0 Å². The van der Waals surface area contributed by atoms with Crippen molar-refractivity contribution in [3.8, 4) is 63.0 Å². The first-order valence-corrected chi connectivity index (χ1v) is 18.7. The average Bonchev–Trinajstić information content (AvgIpc) is 3.80. The van der Waals surface area contributed by atoms with Gasteiger partial charge < -0.3 is 9.13 Å². The molecule has 8 aromatic carbocycles. The third-order valence-corrected chi connectivity index (χ3v) is 11.1. The molecule has 266 valence electrons. The molecule has 58 heavy (non-hydrogen) atoms. The number of nitriles is 3. The number of fused-ring (bicyclic) bond motifs is 6. The Bertz CT molecular complexity index is 3280. The Morgan fingerprint density at radius 2 is 0.810 bits per heavy atom. The number of para-hydroxylation sites is 3. The van der Waals surface area contributed by atoms with Crippen molar-refractivity contribution in [2.75, 3.05) is 0 Å². The molecule has 0 atom stereocenters. The van der Waals surface area contributed by atoms with Gasteiger partial charge in [-0.1, -0.05) is 115 Å². The van der Waals surface area contributed by atoms with E-state index in [1.807, 2.05) is 97.1 Å². The molecule has 2 heterocycles. The SMILES string of the molecule is [C-]#[N+]c1ccccc1-c1ccc2c3ccccc3n(-c3cc(-c4ccc(C#N)c(-n5c6ccccc6c6ccc(-c7ccccc7C#N)cc65)c4)ccc3C#N)c2c1. The maximum atomic E-state index is 10.5. The van der Waals surface area contributed by atoms with Crippen LogP contribution in [-0.2, 0) is 0 Å². The summed E-state index contributed by atoms with van der Waals surface area (Å²) in [4.78, 5) is 3.79. The van der Waals surface area contributed by atoms with Crippen LogP contribution in [0.1, 0.15) is 16.7 Å². The van der Waals surface area contributed by atoms with Crippen LogP contribution in [0.2, 0.25) is 0 Å². The predicted octanol–water partition coefficient (Wildman–Crippen LogP) is 13.0. The molecule has 0 N–H and O–H groups in total. The largest absolute Gasteiger partial charge is 0.308 e. The molecule has 10 rings (SSSR count). The van der Waals surface area contributed by atoms with Crippen molar-refractivity contribution in [2.24, 2.45) is 0 Å². The van der Waals surface area contributed by atoms with E-state index in [1.165, 1.54) is 0 Å². The molecule has 0 saturated carbocycles. The van der Waals surface area contributed by atoms with Gasteiger partial charge in [0.25, 0.3) is 0 Å². The molecule has 0 radical (unpaired) electrons. The second-order valence-electron chi connectivity index (χ2n) is 14.1. The Balaban J connectivity index is 1.19. The number of rotatable bonds is 5. The number of nitrogens with zero attached hydrogens (tertiary/aromatic N) is 6. The lowest BCUT2D eigenvalue weighted by molar-refractivity contribution is 1.16. The molecule has 6 nitrogen and oxygen atoms in total. The highest BCUT2D eigenvalue weighted by Gasteiger charge is 2.20. The van der Waals surface area contributed by atoms with Gasteiger partial charge in [0, 0.05) is 21.5 Å². The van der Waals surface area contributed by atoms with E-state index >= 15 is 0 Å². The summed E-state index contributed by atoms with van der Waals surface area (Å²) in [5, 5.41) is 35.2. The summed E-state index contributed by atoms with van der Waals surface area (Å²) >= 11 is 0. The summed E-state index contributed by atoms with van der Waals surface area (Å²) in [6, 6.07) is 63.1. The summed E-state index contributed by atoms with van der Waals surface area (Å²) in [5.41, 5.74) is 12.7. The normalized spacial score (nSPS) is 11.0. The molecule has 0 fully saturated rings. The second kappa shape index (κ2) is 13.6. The average molecular weight is 737 g/mol. The van der Waals surface area contributed by atoms with Crippen molar-refractivity contribution >= 4 is 49.3 Å². The van der Waals surface area contributed by atoms with Crippen molar-refractivity contribution < 1.29 is 0 Å². The predicted molar refractivity (Wildman–Crippen MR) is 232 cm³/mol. The Morgan fingerprint density at radius 3 is 1.34 bits per heavy atom. The summed E-state index contributed by atoms with van der Waals surface area (Å²) in [6.45, 7) is 7.80. The molecule has 0 aliphatic carbocycles. The minimum Gasteiger partial charge on any atom is -0.308 e. The zero-order valence-corrected chi connectivity index (χ0v) is 30.8. The molecular weight excluding hydrogens is 709 g/mol. The van der Waals surface area contributed by atoms with Gasteiger partial charge in [0.15, 0.2) is 5.69 Å². The van der Waals surface area contributed by atoms with Crippen LogP contribution in [0, 0.1) is 40.6 Å². The molecule has 0 spiro atoms. The van der Waals surface area contributed by atoms with E-state index in [1.54, 1.807) is 0 Å². The molecular formula is C52H28N6. The van der Waals surface area contributed by atoms with Crippen molar-refractivity contribution in [3.05, 3.63) is 198 Å². The van der Waals surface area contributed by atoms with Gasteiger partial charge >= 0.3 is 0 Å². The molecule has 0 unspecified atom stereocenters. The fourth-order valence-electron chi connectivity index (χ4n) is 8.42. The van der Waals surface area contributed by atoms with Gasteiger partial charge in [0.2, 0.25) is 0 Å². The zero-order chi connectivity index (χ0) is 39.3. The summed E-state index contributed by atoms with van der Waals surface area (Å²) in [6.07, 6.45) is 0. The maximum absolute atomic E-state index is 10.5. The summed E-state index contributed by atoms with van der Waals surface area (Å²) < 4.78 is 4.29. The van der Waals surface area contributed by atoms with Gasteiger partial charge in [0.1, 0.15) is 12.1 Å². The Hall–Kier alpha value is -8.68. The van der Waals surface area contributed by atoms with Crippen LogP contribution in [0.3, 0.4) is 0 Å². The lowest BCUT2D eigenvalue weighted by Gasteiger charge is -2.15. The lowest BCUT2D eigenvalue weighted by Crippen LogP contribution is -2.00. The van der Waals surface area contributed by atoms with Crippen LogP contribution in [0.5, 0.6) is 0 Å². The fourth-order valence-corrected chi connectivity index (χ4v) is 8.42. The van der Waals surface area contributed by atoms with Crippen LogP contribution in [0.15, 0.2) is 170 Å². The Kier molecular flexibility index (Phi) is 7.92. The van der Waals surface area contributed by atoms with E-state index in [0.29, 0.717) is 22.4 Å². The van der Waals surface area contributed by atoms with Crippen molar-refractivity contribution in [3.63, 3.8) is 0 Å².